The molecule has 0 unspecified atom stereocenters. The van der Waals surface area contributed by atoms with Gasteiger partial charge in [-0.15, -0.1) is 0 Å². The van der Waals surface area contributed by atoms with E-state index >= 15 is 0 Å². The second-order valence-corrected chi connectivity index (χ2v) is 4.94. The first-order chi connectivity index (χ1) is 9.83. The van der Waals surface area contributed by atoms with Crippen LogP contribution in [0.5, 0.6) is 0 Å². The lowest BCUT2D eigenvalue weighted by Crippen LogP contribution is -1.84. The largest absolute Gasteiger partial charge is 0.382 e. The van der Waals surface area contributed by atoms with Crippen molar-refractivity contribution in [1.82, 2.24) is 0 Å². The summed E-state index contributed by atoms with van der Waals surface area (Å²) >= 11 is 1.66. The number of benzene rings is 2. The van der Waals surface area contributed by atoms with E-state index in [9.17, 15) is 0 Å². The molecule has 0 aliphatic rings. The number of hydrogen-bond acceptors (Lipinski definition) is 2. The lowest BCUT2D eigenvalue weighted by molar-refractivity contribution is 0.162. The van der Waals surface area contributed by atoms with Crippen molar-refractivity contribution in [1.29, 1.82) is 0 Å². The second-order valence-electron chi connectivity index (χ2n) is 3.93. The van der Waals surface area contributed by atoms with Crippen molar-refractivity contribution in [2.45, 2.75) is 18.7 Å². The van der Waals surface area contributed by atoms with E-state index in [2.05, 4.69) is 55.1 Å². The zero-order valence-electron chi connectivity index (χ0n) is 12.2. The van der Waals surface area contributed by atoms with Crippen LogP contribution in [-0.2, 0) is 4.74 Å². The van der Waals surface area contributed by atoms with Crippen LogP contribution in [0.4, 0.5) is 0 Å². The molecule has 0 saturated heterocycles. The Balaban J connectivity index is 0.000000347. The van der Waals surface area contributed by atoms with Crippen LogP contribution in [0.3, 0.4) is 0 Å². The summed E-state index contributed by atoms with van der Waals surface area (Å²) < 4.78 is 4.83. The maximum absolute atomic E-state index is 4.83. The van der Waals surface area contributed by atoms with Gasteiger partial charge in [0, 0.05) is 18.1 Å². The Hall–Kier alpha value is -1.51. The highest BCUT2D eigenvalue weighted by molar-refractivity contribution is 8.02. The van der Waals surface area contributed by atoms with Crippen LogP contribution in [0.2, 0.25) is 0 Å². The molecule has 2 aromatic carbocycles. The van der Waals surface area contributed by atoms with Gasteiger partial charge in [-0.3, -0.25) is 0 Å². The minimum atomic E-state index is 0.844. The third-order valence-corrected chi connectivity index (χ3v) is 3.37. The lowest BCUT2D eigenvalue weighted by atomic mass is 10.1. The minimum absolute atomic E-state index is 0.844. The van der Waals surface area contributed by atoms with Gasteiger partial charge >= 0.3 is 0 Å². The van der Waals surface area contributed by atoms with Gasteiger partial charge in [-0.05, 0) is 36.4 Å². The number of ether oxygens (including phenoxy) is 1. The van der Waals surface area contributed by atoms with Crippen LogP contribution in [0, 0.1) is 0 Å². The van der Waals surface area contributed by atoms with Gasteiger partial charge in [0.1, 0.15) is 0 Å². The first kappa shape index (κ1) is 16.5. The maximum atomic E-state index is 4.83. The minimum Gasteiger partial charge on any atom is -0.382 e. The van der Waals surface area contributed by atoms with Crippen LogP contribution in [0.1, 0.15) is 13.8 Å². The van der Waals surface area contributed by atoms with Gasteiger partial charge < -0.3 is 4.74 Å². The summed E-state index contributed by atoms with van der Waals surface area (Å²) in [5, 5.41) is 1.86. The highest BCUT2D eigenvalue weighted by Crippen LogP contribution is 2.31. The summed E-state index contributed by atoms with van der Waals surface area (Å²) in [5.74, 6) is 0. The maximum Gasteiger partial charge on any atom is 0.0437 e. The predicted molar refractivity (Wildman–Crippen MR) is 90.1 cm³/mol. The summed E-state index contributed by atoms with van der Waals surface area (Å²) in [6.45, 7) is 9.42. The third-order valence-electron chi connectivity index (χ3n) is 2.59. The van der Waals surface area contributed by atoms with E-state index in [1.807, 2.05) is 25.3 Å². The molecule has 0 spiro atoms. The number of hydrogen-bond donors (Lipinski definition) is 0. The molecular formula is C18H22OS. The monoisotopic (exact) mass is 286 g/mol. The molecule has 106 valence electrons. The zero-order valence-corrected chi connectivity index (χ0v) is 13.0. The molecule has 2 aromatic rings. The first-order valence-electron chi connectivity index (χ1n) is 6.83. The molecule has 0 fully saturated rings. The van der Waals surface area contributed by atoms with Gasteiger partial charge in [0.15, 0.2) is 0 Å². The van der Waals surface area contributed by atoms with Crippen LogP contribution in [0.25, 0.3) is 11.1 Å². The van der Waals surface area contributed by atoms with Crippen molar-refractivity contribution < 1.29 is 4.74 Å². The Morgan fingerprint density at radius 1 is 0.950 bits per heavy atom. The predicted octanol–water partition coefficient (Wildman–Crippen LogP) is 5.63. The molecular weight excluding hydrogens is 264 g/mol. The normalized spacial score (nSPS) is 9.50. The van der Waals surface area contributed by atoms with E-state index in [0.29, 0.717) is 0 Å². The highest BCUT2D eigenvalue weighted by Gasteiger charge is 2.02. The van der Waals surface area contributed by atoms with Gasteiger partial charge in [-0.2, -0.15) is 0 Å². The molecule has 0 aliphatic carbocycles. The van der Waals surface area contributed by atoms with Crippen LogP contribution in [0.15, 0.2) is 71.5 Å². The standard InChI is InChI=1S/C14H12S.C4H10O/c1-2-15-14-11-7-6-10-13(14)12-8-4-3-5-9-12;1-3-5-4-2/h2-11H,1H2;3-4H2,1-2H3. The van der Waals surface area contributed by atoms with E-state index in [4.69, 9.17) is 4.74 Å². The fraction of sp³-hybridized carbons (Fsp3) is 0.222. The first-order valence-corrected chi connectivity index (χ1v) is 7.71. The fourth-order valence-electron chi connectivity index (χ4n) is 1.72. The molecule has 0 saturated carbocycles. The third kappa shape index (κ3) is 5.64. The zero-order chi connectivity index (χ0) is 14.6. The molecule has 2 heteroatoms. The summed E-state index contributed by atoms with van der Waals surface area (Å²) in [7, 11) is 0. The molecule has 0 amide bonds. The Bertz CT molecular complexity index is 492. The van der Waals surface area contributed by atoms with Crippen molar-refractivity contribution >= 4 is 11.8 Å². The van der Waals surface area contributed by atoms with Gasteiger partial charge in [-0.1, -0.05) is 66.9 Å². The molecule has 0 atom stereocenters. The van der Waals surface area contributed by atoms with Crippen LogP contribution < -0.4 is 0 Å². The summed E-state index contributed by atoms with van der Waals surface area (Å²) in [6, 6.07) is 18.8. The summed E-state index contributed by atoms with van der Waals surface area (Å²) in [4.78, 5) is 1.25. The molecule has 1 nitrogen and oxygen atoms in total. The van der Waals surface area contributed by atoms with Gasteiger partial charge in [0.2, 0.25) is 0 Å². The average Bonchev–Trinajstić information content (AvgIpc) is 2.51. The quantitative estimate of drug-likeness (QED) is 0.658. The van der Waals surface area contributed by atoms with Crippen molar-refractivity contribution in [2.75, 3.05) is 13.2 Å². The topological polar surface area (TPSA) is 9.23 Å². The average molecular weight is 286 g/mol. The highest BCUT2D eigenvalue weighted by atomic mass is 32.2. The SMILES string of the molecule is C=CSc1ccccc1-c1ccccc1.CCOCC. The van der Waals surface area contributed by atoms with E-state index in [0.717, 1.165) is 13.2 Å². The second kappa shape index (κ2) is 10.3. The van der Waals surface area contributed by atoms with Gasteiger partial charge in [0.25, 0.3) is 0 Å². The molecule has 0 aromatic heterocycles. The van der Waals surface area contributed by atoms with E-state index in [1.165, 1.54) is 16.0 Å². The van der Waals surface area contributed by atoms with Gasteiger partial charge in [-0.25, -0.2) is 0 Å². The van der Waals surface area contributed by atoms with Crippen molar-refractivity contribution in [2.24, 2.45) is 0 Å². The number of thioether (sulfide) groups is 1. The summed E-state index contributed by atoms with van der Waals surface area (Å²) in [6.07, 6.45) is 0. The Kier molecular flexibility index (Phi) is 8.52. The van der Waals surface area contributed by atoms with E-state index in [1.54, 1.807) is 11.8 Å². The Labute approximate surface area is 126 Å². The smallest absolute Gasteiger partial charge is 0.0437 e. The molecule has 0 radical (unpaired) electrons. The molecule has 0 N–H and O–H groups in total. The fourth-order valence-corrected chi connectivity index (χ4v) is 2.37. The van der Waals surface area contributed by atoms with Crippen LogP contribution >= 0.6 is 11.8 Å². The Morgan fingerprint density at radius 3 is 2.10 bits per heavy atom. The molecule has 0 bridgehead atoms. The number of rotatable bonds is 5. The van der Waals surface area contributed by atoms with E-state index in [-0.39, 0.29) is 0 Å². The van der Waals surface area contributed by atoms with Crippen molar-refractivity contribution in [3.05, 3.63) is 66.6 Å². The molecule has 20 heavy (non-hydrogen) atoms. The molecule has 0 heterocycles. The van der Waals surface area contributed by atoms with E-state index < -0.39 is 0 Å². The van der Waals surface area contributed by atoms with Crippen LogP contribution in [-0.4, -0.2) is 13.2 Å². The summed E-state index contributed by atoms with van der Waals surface area (Å²) in [5.41, 5.74) is 2.52. The lowest BCUT2D eigenvalue weighted by Gasteiger charge is -2.06. The molecule has 0 aliphatic heterocycles. The van der Waals surface area contributed by atoms with Gasteiger partial charge in [0.05, 0.1) is 0 Å². The molecule has 2 rings (SSSR count). The van der Waals surface area contributed by atoms with Crippen molar-refractivity contribution in [3.63, 3.8) is 0 Å². The Morgan fingerprint density at radius 2 is 1.55 bits per heavy atom. The van der Waals surface area contributed by atoms with Crippen molar-refractivity contribution in [3.8, 4) is 11.1 Å².